The molecule has 5 nitrogen and oxygen atoms in total. The fourth-order valence-electron chi connectivity index (χ4n) is 1.20. The van der Waals surface area contributed by atoms with Gasteiger partial charge in [0.05, 0.1) is 4.47 Å². The normalized spacial score (nSPS) is 10.5. The summed E-state index contributed by atoms with van der Waals surface area (Å²) in [5.74, 6) is -1.22. The van der Waals surface area contributed by atoms with Crippen LogP contribution < -0.4 is 5.56 Å². The van der Waals surface area contributed by atoms with Crippen molar-refractivity contribution in [3.05, 3.63) is 44.9 Å². The first-order valence-corrected chi connectivity index (χ1v) is 4.80. The van der Waals surface area contributed by atoms with Crippen molar-refractivity contribution >= 4 is 27.5 Å². The summed E-state index contributed by atoms with van der Waals surface area (Å²) in [6.07, 6.45) is 1.53. The molecule has 0 bridgehead atoms. The molecule has 0 unspecified atom stereocenters. The van der Waals surface area contributed by atoms with Crippen LogP contribution in [0.25, 0.3) is 5.65 Å². The number of halogens is 1. The number of fused-ring (bicyclic) bond motifs is 1. The van der Waals surface area contributed by atoms with E-state index < -0.39 is 11.5 Å². The van der Waals surface area contributed by atoms with Crippen molar-refractivity contribution in [3.63, 3.8) is 0 Å². The van der Waals surface area contributed by atoms with Crippen LogP contribution in [0.1, 0.15) is 10.5 Å². The number of aromatic nitrogens is 2. The Hall–Kier alpha value is -1.69. The third kappa shape index (κ3) is 1.63. The van der Waals surface area contributed by atoms with Gasteiger partial charge in [0.1, 0.15) is 0 Å². The number of carbonyl (C=O) groups is 1. The molecule has 0 saturated carbocycles. The number of aromatic carboxylic acids is 1. The summed E-state index contributed by atoms with van der Waals surface area (Å²) in [7, 11) is 0. The second-order valence-corrected chi connectivity index (χ2v) is 3.69. The van der Waals surface area contributed by atoms with Gasteiger partial charge in [-0.2, -0.15) is 0 Å². The van der Waals surface area contributed by atoms with Crippen LogP contribution in [0.15, 0.2) is 33.7 Å². The van der Waals surface area contributed by atoms with E-state index in [2.05, 4.69) is 20.9 Å². The number of nitrogens with zero attached hydrogens (tertiary/aromatic N) is 2. The van der Waals surface area contributed by atoms with Crippen molar-refractivity contribution < 1.29 is 9.90 Å². The van der Waals surface area contributed by atoms with Crippen LogP contribution in [0.4, 0.5) is 0 Å². The number of rotatable bonds is 1. The SMILES string of the molecule is O=C(O)c1cc(=O)n2cccc(Br)c2n1. The van der Waals surface area contributed by atoms with E-state index in [1.54, 1.807) is 12.1 Å². The molecule has 0 radical (unpaired) electrons. The van der Waals surface area contributed by atoms with Gasteiger partial charge >= 0.3 is 5.97 Å². The molecule has 2 aromatic heterocycles. The summed E-state index contributed by atoms with van der Waals surface area (Å²) < 4.78 is 1.85. The lowest BCUT2D eigenvalue weighted by atomic mass is 10.4. The van der Waals surface area contributed by atoms with E-state index in [1.165, 1.54) is 10.6 Å². The number of pyridine rings is 1. The van der Waals surface area contributed by atoms with Crippen LogP contribution in [-0.2, 0) is 0 Å². The molecule has 0 aliphatic rings. The molecule has 0 atom stereocenters. The van der Waals surface area contributed by atoms with Crippen molar-refractivity contribution in [2.75, 3.05) is 0 Å². The predicted molar refractivity (Wildman–Crippen MR) is 56.1 cm³/mol. The molecule has 76 valence electrons. The maximum atomic E-state index is 11.5. The molecule has 0 spiro atoms. The lowest BCUT2D eigenvalue weighted by molar-refractivity contribution is 0.0690. The second-order valence-electron chi connectivity index (χ2n) is 2.83. The van der Waals surface area contributed by atoms with E-state index in [4.69, 9.17) is 5.11 Å². The molecule has 0 aliphatic carbocycles. The predicted octanol–water partition coefficient (Wildman–Crippen LogP) is 1.16. The monoisotopic (exact) mass is 268 g/mol. The van der Waals surface area contributed by atoms with Crippen LogP contribution in [0.2, 0.25) is 0 Å². The standard InChI is InChI=1S/C9H5BrN2O3/c10-5-2-1-3-12-7(13)4-6(9(14)15)11-8(5)12/h1-4H,(H,14,15). The van der Waals surface area contributed by atoms with Crippen LogP contribution in [-0.4, -0.2) is 20.5 Å². The molecule has 0 aromatic carbocycles. The highest BCUT2D eigenvalue weighted by Gasteiger charge is 2.09. The molecule has 2 rings (SSSR count). The fraction of sp³-hybridized carbons (Fsp3) is 0. The van der Waals surface area contributed by atoms with Crippen LogP contribution in [0.5, 0.6) is 0 Å². The van der Waals surface area contributed by atoms with Gasteiger partial charge in [-0.15, -0.1) is 0 Å². The Morgan fingerprint density at radius 3 is 2.93 bits per heavy atom. The minimum atomic E-state index is -1.22. The van der Waals surface area contributed by atoms with E-state index in [0.717, 1.165) is 6.07 Å². The molecule has 1 N–H and O–H groups in total. The van der Waals surface area contributed by atoms with E-state index in [0.29, 0.717) is 10.1 Å². The molecule has 2 heterocycles. The maximum Gasteiger partial charge on any atom is 0.354 e. The highest BCUT2D eigenvalue weighted by molar-refractivity contribution is 9.10. The average Bonchev–Trinajstić information content (AvgIpc) is 2.19. The quantitative estimate of drug-likeness (QED) is 0.843. The lowest BCUT2D eigenvalue weighted by Crippen LogP contribution is -2.17. The third-order valence-electron chi connectivity index (χ3n) is 1.86. The number of carboxylic acid groups (broad SMARTS) is 1. The first kappa shape index (κ1) is 9.85. The van der Waals surface area contributed by atoms with E-state index in [9.17, 15) is 9.59 Å². The largest absolute Gasteiger partial charge is 0.477 e. The van der Waals surface area contributed by atoms with Crippen LogP contribution in [0, 0.1) is 0 Å². The third-order valence-corrected chi connectivity index (χ3v) is 2.48. The minimum absolute atomic E-state index is 0.257. The Morgan fingerprint density at radius 2 is 2.27 bits per heavy atom. The summed E-state index contributed by atoms with van der Waals surface area (Å²) in [4.78, 5) is 26.0. The average molecular weight is 269 g/mol. The first-order valence-electron chi connectivity index (χ1n) is 4.01. The summed E-state index contributed by atoms with van der Waals surface area (Å²) >= 11 is 3.20. The van der Waals surface area contributed by atoms with Gasteiger partial charge in [0.25, 0.3) is 5.56 Å². The number of hydrogen-bond donors (Lipinski definition) is 1. The van der Waals surface area contributed by atoms with Gasteiger partial charge in [-0.3, -0.25) is 9.20 Å². The van der Waals surface area contributed by atoms with Crippen molar-refractivity contribution in [2.45, 2.75) is 0 Å². The molecule has 0 amide bonds. The Labute approximate surface area is 92.1 Å². The van der Waals surface area contributed by atoms with Crippen LogP contribution >= 0.6 is 15.9 Å². The van der Waals surface area contributed by atoms with Gasteiger partial charge in [-0.05, 0) is 28.1 Å². The zero-order chi connectivity index (χ0) is 11.0. The Balaban J connectivity index is 2.92. The van der Waals surface area contributed by atoms with Gasteiger partial charge in [0.2, 0.25) is 0 Å². The zero-order valence-electron chi connectivity index (χ0n) is 7.35. The molecule has 15 heavy (non-hydrogen) atoms. The van der Waals surface area contributed by atoms with Gasteiger partial charge in [0, 0.05) is 12.3 Å². The number of carboxylic acids is 1. The van der Waals surface area contributed by atoms with E-state index in [1.807, 2.05) is 0 Å². The Bertz CT molecular complexity index is 606. The fourth-order valence-corrected chi connectivity index (χ4v) is 1.63. The maximum absolute atomic E-state index is 11.5. The molecule has 2 aromatic rings. The van der Waals surface area contributed by atoms with Crippen molar-refractivity contribution in [2.24, 2.45) is 0 Å². The summed E-state index contributed by atoms with van der Waals surface area (Å²) in [6, 6.07) is 4.34. The topological polar surface area (TPSA) is 71.7 Å². The van der Waals surface area contributed by atoms with Gasteiger partial charge in [-0.1, -0.05) is 0 Å². The smallest absolute Gasteiger partial charge is 0.354 e. The molecule has 0 saturated heterocycles. The Kier molecular flexibility index (Phi) is 2.28. The Morgan fingerprint density at radius 1 is 1.53 bits per heavy atom. The molecule has 6 heteroatoms. The van der Waals surface area contributed by atoms with Gasteiger partial charge < -0.3 is 5.11 Å². The minimum Gasteiger partial charge on any atom is -0.477 e. The van der Waals surface area contributed by atoms with Gasteiger partial charge in [0.15, 0.2) is 11.3 Å². The van der Waals surface area contributed by atoms with Crippen molar-refractivity contribution in [1.82, 2.24) is 9.38 Å². The molecule has 0 aliphatic heterocycles. The molecule has 0 fully saturated rings. The summed E-state index contributed by atoms with van der Waals surface area (Å²) in [6.45, 7) is 0. The van der Waals surface area contributed by atoms with E-state index in [-0.39, 0.29) is 5.69 Å². The highest BCUT2D eigenvalue weighted by Crippen LogP contribution is 2.13. The van der Waals surface area contributed by atoms with E-state index >= 15 is 0 Å². The zero-order valence-corrected chi connectivity index (χ0v) is 8.93. The van der Waals surface area contributed by atoms with Crippen molar-refractivity contribution in [3.8, 4) is 0 Å². The molecular formula is C9H5BrN2O3. The second kappa shape index (κ2) is 3.47. The highest BCUT2D eigenvalue weighted by atomic mass is 79.9. The first-order chi connectivity index (χ1) is 7.09. The molecular weight excluding hydrogens is 264 g/mol. The number of hydrogen-bond acceptors (Lipinski definition) is 3. The van der Waals surface area contributed by atoms with Gasteiger partial charge in [-0.25, -0.2) is 9.78 Å². The lowest BCUT2D eigenvalue weighted by Gasteiger charge is -2.02. The summed E-state index contributed by atoms with van der Waals surface area (Å²) in [5.41, 5.74) is -0.381. The van der Waals surface area contributed by atoms with Crippen molar-refractivity contribution in [1.29, 1.82) is 0 Å². The van der Waals surface area contributed by atoms with Crippen LogP contribution in [0.3, 0.4) is 0 Å². The summed E-state index contributed by atoms with van der Waals surface area (Å²) in [5, 5.41) is 8.73.